The van der Waals surface area contributed by atoms with Crippen LogP contribution in [0.2, 0.25) is 0 Å². The number of benzene rings is 1. The second kappa shape index (κ2) is 6.01. The van der Waals surface area contributed by atoms with Gasteiger partial charge in [-0.25, -0.2) is 0 Å². The Kier molecular flexibility index (Phi) is 4.63. The predicted octanol–water partition coefficient (Wildman–Crippen LogP) is 4.50. The first-order valence-electron chi connectivity index (χ1n) is 6.57. The molecule has 2 heteroatoms. The Balaban J connectivity index is 2.05. The van der Waals surface area contributed by atoms with Gasteiger partial charge in [-0.3, -0.25) is 0 Å². The van der Waals surface area contributed by atoms with Gasteiger partial charge in [0.25, 0.3) is 0 Å². The van der Waals surface area contributed by atoms with Gasteiger partial charge >= 0.3 is 0 Å². The van der Waals surface area contributed by atoms with Gasteiger partial charge in [0, 0.05) is 6.61 Å². The van der Waals surface area contributed by atoms with Gasteiger partial charge < -0.3 is 4.74 Å². The van der Waals surface area contributed by atoms with Crippen LogP contribution in [0.15, 0.2) is 24.3 Å². The number of ether oxygens (including phenoxy) is 1. The Morgan fingerprint density at radius 3 is 2.59 bits per heavy atom. The summed E-state index contributed by atoms with van der Waals surface area (Å²) in [6.07, 6.45) is 3.89. The van der Waals surface area contributed by atoms with Crippen LogP contribution in [0.4, 0.5) is 0 Å². The van der Waals surface area contributed by atoms with Crippen molar-refractivity contribution in [2.45, 2.75) is 44.0 Å². The van der Waals surface area contributed by atoms with Crippen molar-refractivity contribution < 1.29 is 4.74 Å². The van der Waals surface area contributed by atoms with Gasteiger partial charge in [0.15, 0.2) is 0 Å². The maximum Gasteiger partial charge on any atom is 0.0767 e. The zero-order chi connectivity index (χ0) is 12.3. The van der Waals surface area contributed by atoms with Crippen molar-refractivity contribution in [3.63, 3.8) is 0 Å². The summed E-state index contributed by atoms with van der Waals surface area (Å²) in [5.74, 6) is 0.648. The lowest BCUT2D eigenvalue weighted by molar-refractivity contribution is 0.0935. The number of hydrogen-bond donors (Lipinski definition) is 0. The maximum atomic E-state index is 5.81. The highest BCUT2D eigenvalue weighted by atomic mass is 79.9. The van der Waals surface area contributed by atoms with Crippen LogP contribution >= 0.6 is 15.9 Å². The van der Waals surface area contributed by atoms with Gasteiger partial charge in [0.05, 0.1) is 10.9 Å². The van der Waals surface area contributed by atoms with Crippen LogP contribution < -0.4 is 0 Å². The second-order valence-corrected chi connectivity index (χ2v) is 5.98. The van der Waals surface area contributed by atoms with Crippen molar-refractivity contribution in [2.75, 3.05) is 6.61 Å². The van der Waals surface area contributed by atoms with Gasteiger partial charge in [-0.2, -0.15) is 0 Å². The fourth-order valence-corrected chi connectivity index (χ4v) is 3.42. The molecule has 2 rings (SSSR count). The number of rotatable bonds is 4. The van der Waals surface area contributed by atoms with Crippen LogP contribution in [0.25, 0.3) is 0 Å². The fraction of sp³-hybridized carbons (Fsp3) is 0.600. The number of alkyl halides is 1. The van der Waals surface area contributed by atoms with Crippen molar-refractivity contribution >= 4 is 15.9 Å². The summed E-state index contributed by atoms with van der Waals surface area (Å²) in [5, 5.41) is 0. The molecule has 0 spiro atoms. The summed E-state index contributed by atoms with van der Waals surface area (Å²) < 4.78 is 5.81. The number of halogens is 1. The second-order valence-electron chi connectivity index (χ2n) is 4.99. The highest BCUT2D eigenvalue weighted by molar-refractivity contribution is 9.09. The van der Waals surface area contributed by atoms with E-state index >= 15 is 0 Å². The smallest absolute Gasteiger partial charge is 0.0767 e. The Hall–Kier alpha value is -0.340. The molecule has 0 N–H and O–H groups in total. The molecule has 0 amide bonds. The third-order valence-corrected chi connectivity index (χ3v) is 4.62. The Morgan fingerprint density at radius 2 is 2.06 bits per heavy atom. The average molecular weight is 297 g/mol. The van der Waals surface area contributed by atoms with Crippen molar-refractivity contribution in [3.8, 4) is 0 Å². The molecule has 0 bridgehead atoms. The molecule has 0 saturated carbocycles. The standard InChI is InChI=1S/C15H21BrO/c1-3-4-12-5-7-13(8-6-12)14(16)15-11(2)9-10-17-15/h5-8,11,14-15H,3-4,9-10H2,1-2H3. The van der Waals surface area contributed by atoms with Crippen LogP contribution in [-0.2, 0) is 11.2 Å². The molecule has 1 nitrogen and oxygen atoms in total. The van der Waals surface area contributed by atoms with Crippen LogP contribution in [-0.4, -0.2) is 12.7 Å². The fourth-order valence-electron chi connectivity index (χ4n) is 2.44. The molecule has 1 aromatic carbocycles. The van der Waals surface area contributed by atoms with Gasteiger partial charge in [-0.1, -0.05) is 60.5 Å². The summed E-state index contributed by atoms with van der Waals surface area (Å²) in [6.45, 7) is 5.40. The van der Waals surface area contributed by atoms with E-state index < -0.39 is 0 Å². The first-order chi connectivity index (χ1) is 8.22. The number of hydrogen-bond acceptors (Lipinski definition) is 1. The highest BCUT2D eigenvalue weighted by Crippen LogP contribution is 2.37. The minimum atomic E-state index is 0.326. The predicted molar refractivity (Wildman–Crippen MR) is 75.6 cm³/mol. The molecule has 1 aliphatic rings. The molecule has 1 aliphatic heterocycles. The summed E-state index contributed by atoms with van der Waals surface area (Å²) in [4.78, 5) is 0.329. The third kappa shape index (κ3) is 3.11. The lowest BCUT2D eigenvalue weighted by Gasteiger charge is -2.21. The first-order valence-corrected chi connectivity index (χ1v) is 7.48. The van der Waals surface area contributed by atoms with Crippen molar-refractivity contribution in [3.05, 3.63) is 35.4 Å². The van der Waals surface area contributed by atoms with Gasteiger partial charge in [0.2, 0.25) is 0 Å². The summed E-state index contributed by atoms with van der Waals surface area (Å²) in [6, 6.07) is 8.96. The van der Waals surface area contributed by atoms with E-state index in [0.717, 1.165) is 6.61 Å². The summed E-state index contributed by atoms with van der Waals surface area (Å²) >= 11 is 3.79. The molecule has 3 atom stereocenters. The van der Waals surface area contributed by atoms with Crippen molar-refractivity contribution in [1.82, 2.24) is 0 Å². The number of aryl methyl sites for hydroxylation is 1. The molecule has 0 aromatic heterocycles. The first kappa shape index (κ1) is 13.1. The summed E-state index contributed by atoms with van der Waals surface area (Å²) in [5.41, 5.74) is 2.76. The molecule has 3 unspecified atom stereocenters. The topological polar surface area (TPSA) is 9.23 Å². The van der Waals surface area contributed by atoms with E-state index in [1.165, 1.54) is 30.4 Å². The molecule has 1 heterocycles. The molecule has 17 heavy (non-hydrogen) atoms. The van der Waals surface area contributed by atoms with Gasteiger partial charge in [-0.05, 0) is 29.9 Å². The van der Waals surface area contributed by atoms with Crippen molar-refractivity contribution in [1.29, 1.82) is 0 Å². The van der Waals surface area contributed by atoms with E-state index in [0.29, 0.717) is 16.8 Å². The van der Waals surface area contributed by atoms with Crippen molar-refractivity contribution in [2.24, 2.45) is 5.92 Å². The molecule has 1 saturated heterocycles. The van der Waals surface area contributed by atoms with Crippen LogP contribution in [0.1, 0.15) is 42.6 Å². The third-order valence-electron chi connectivity index (χ3n) is 3.57. The molecule has 94 valence electrons. The Morgan fingerprint density at radius 1 is 1.35 bits per heavy atom. The van der Waals surface area contributed by atoms with Crippen LogP contribution in [0, 0.1) is 5.92 Å². The van der Waals surface area contributed by atoms with E-state index in [1.807, 2.05) is 0 Å². The molecule has 1 aromatic rings. The van der Waals surface area contributed by atoms with Crippen LogP contribution in [0.5, 0.6) is 0 Å². The highest BCUT2D eigenvalue weighted by Gasteiger charge is 2.31. The molecule has 1 fully saturated rings. The van der Waals surface area contributed by atoms with E-state index in [1.54, 1.807) is 0 Å². The molecule has 0 aliphatic carbocycles. The molecule has 0 radical (unpaired) electrons. The van der Waals surface area contributed by atoms with E-state index in [2.05, 4.69) is 54.0 Å². The zero-order valence-electron chi connectivity index (χ0n) is 10.7. The minimum absolute atomic E-state index is 0.326. The monoisotopic (exact) mass is 296 g/mol. The Bertz CT molecular complexity index is 346. The Labute approximate surface area is 113 Å². The molecular formula is C15H21BrO. The summed E-state index contributed by atoms with van der Waals surface area (Å²) in [7, 11) is 0. The SMILES string of the molecule is CCCc1ccc(C(Br)C2OCCC2C)cc1. The zero-order valence-corrected chi connectivity index (χ0v) is 12.2. The minimum Gasteiger partial charge on any atom is -0.376 e. The average Bonchev–Trinajstić information content (AvgIpc) is 2.76. The van der Waals surface area contributed by atoms with Gasteiger partial charge in [0.1, 0.15) is 0 Å². The largest absolute Gasteiger partial charge is 0.376 e. The normalized spacial score (nSPS) is 26.1. The molecular weight excluding hydrogens is 276 g/mol. The van der Waals surface area contributed by atoms with E-state index in [4.69, 9.17) is 4.74 Å². The lowest BCUT2D eigenvalue weighted by Crippen LogP contribution is -2.19. The maximum absolute atomic E-state index is 5.81. The quantitative estimate of drug-likeness (QED) is 0.743. The lowest BCUT2D eigenvalue weighted by atomic mass is 9.96. The van der Waals surface area contributed by atoms with E-state index in [-0.39, 0.29) is 0 Å². The van der Waals surface area contributed by atoms with Gasteiger partial charge in [-0.15, -0.1) is 0 Å². The van der Waals surface area contributed by atoms with Crippen LogP contribution in [0.3, 0.4) is 0 Å². The van der Waals surface area contributed by atoms with E-state index in [9.17, 15) is 0 Å².